The first-order valence-electron chi connectivity index (χ1n) is 13.7. The normalized spacial score (nSPS) is 14.2. The fourth-order valence-electron chi connectivity index (χ4n) is 4.63. The first kappa shape index (κ1) is 31.1. The number of H-pyrrole nitrogens is 1. The number of fused-ring (bicyclic) bond motifs is 1. The summed E-state index contributed by atoms with van der Waals surface area (Å²) in [5, 5.41) is 17.7. The third-order valence-electron chi connectivity index (χ3n) is 6.92. The molecule has 224 valence electrons. The molecule has 0 fully saturated rings. The highest BCUT2D eigenvalue weighted by Gasteiger charge is 2.37. The molecule has 1 amide bonds. The summed E-state index contributed by atoms with van der Waals surface area (Å²) in [5.74, 6) is -0.509. The van der Waals surface area contributed by atoms with Crippen LogP contribution in [0.1, 0.15) is 42.7 Å². The summed E-state index contributed by atoms with van der Waals surface area (Å²) in [6.07, 6.45) is 4.23. The van der Waals surface area contributed by atoms with Crippen molar-refractivity contribution in [1.29, 1.82) is 0 Å². The summed E-state index contributed by atoms with van der Waals surface area (Å²) < 4.78 is 27.7. The van der Waals surface area contributed by atoms with Crippen LogP contribution in [0.2, 0.25) is 0 Å². The first-order valence-corrected chi connectivity index (χ1v) is 17.8. The van der Waals surface area contributed by atoms with Crippen molar-refractivity contribution in [2.75, 3.05) is 10.6 Å². The van der Waals surface area contributed by atoms with Crippen LogP contribution in [0, 0.1) is 3.95 Å². The second-order valence-electron chi connectivity index (χ2n) is 10.0. The molecule has 0 saturated carbocycles. The summed E-state index contributed by atoms with van der Waals surface area (Å²) in [7, 11) is -1.37. The number of hydrogen-bond acceptors (Lipinski definition) is 8. The number of aliphatic hydroxyl groups is 1. The predicted octanol–water partition coefficient (Wildman–Crippen LogP) is 6.95. The van der Waals surface area contributed by atoms with Crippen LogP contribution >= 0.6 is 32.9 Å². The van der Waals surface area contributed by atoms with Crippen molar-refractivity contribution in [3.05, 3.63) is 99.6 Å². The summed E-state index contributed by atoms with van der Waals surface area (Å²) in [6.45, 7) is 2.15. The summed E-state index contributed by atoms with van der Waals surface area (Å²) in [6, 6.07) is 20.6. The van der Waals surface area contributed by atoms with E-state index in [2.05, 4.69) is 32.2 Å². The SMILES string of the molecule is CCCCc1ccc(C(O)Nc2ccc([S+](=O)(O)NC(Cc3c[nH]c4ccccc34)C(=O)Nc3nc(=S)ss3)cc2)cc1. The van der Waals surface area contributed by atoms with E-state index in [1.54, 1.807) is 18.3 Å². The van der Waals surface area contributed by atoms with Crippen molar-refractivity contribution in [2.45, 2.75) is 49.8 Å². The molecule has 3 aromatic carbocycles. The van der Waals surface area contributed by atoms with Gasteiger partial charge in [0.15, 0.2) is 10.2 Å². The molecule has 0 aliphatic carbocycles. The van der Waals surface area contributed by atoms with Gasteiger partial charge in [-0.3, -0.25) is 10.1 Å². The van der Waals surface area contributed by atoms with Crippen LogP contribution in [0.4, 0.5) is 10.8 Å². The predicted molar refractivity (Wildman–Crippen MR) is 177 cm³/mol. The molecule has 6 N–H and O–H groups in total. The van der Waals surface area contributed by atoms with Gasteiger partial charge < -0.3 is 15.4 Å². The van der Waals surface area contributed by atoms with Gasteiger partial charge in [0.1, 0.15) is 6.04 Å². The van der Waals surface area contributed by atoms with Gasteiger partial charge in [0.2, 0.25) is 15.9 Å². The van der Waals surface area contributed by atoms with Gasteiger partial charge in [-0.15, -0.1) is 0 Å². The number of rotatable bonds is 13. The molecule has 5 rings (SSSR count). The van der Waals surface area contributed by atoms with Gasteiger partial charge in [0, 0.05) is 46.9 Å². The topological polar surface area (TPSA) is 139 Å². The number of hydrogen-bond donors (Lipinski definition) is 6. The van der Waals surface area contributed by atoms with Crippen molar-refractivity contribution in [1.82, 2.24) is 14.7 Å². The number of nitrogens with zero attached hydrogens (tertiary/aromatic N) is 1. The Morgan fingerprint density at radius 1 is 1.07 bits per heavy atom. The van der Waals surface area contributed by atoms with Crippen molar-refractivity contribution < 1.29 is 18.7 Å². The Morgan fingerprint density at radius 2 is 1.81 bits per heavy atom. The number of aromatic amines is 1. The van der Waals surface area contributed by atoms with Crippen LogP contribution < -0.4 is 15.4 Å². The lowest BCUT2D eigenvalue weighted by Gasteiger charge is -2.17. The highest BCUT2D eigenvalue weighted by molar-refractivity contribution is 7.96. The average molecular weight is 655 g/mol. The second kappa shape index (κ2) is 14.0. The highest BCUT2D eigenvalue weighted by Crippen LogP contribution is 2.25. The summed E-state index contributed by atoms with van der Waals surface area (Å²) in [5.41, 5.74) is 4.22. The lowest BCUT2D eigenvalue weighted by Crippen LogP contribution is -2.47. The van der Waals surface area contributed by atoms with Crippen LogP contribution in [-0.2, 0) is 32.2 Å². The highest BCUT2D eigenvalue weighted by atomic mass is 32.9. The molecule has 0 spiro atoms. The third-order valence-corrected chi connectivity index (χ3v) is 11.0. The number of aromatic nitrogens is 2. The monoisotopic (exact) mass is 654 g/mol. The van der Waals surface area contributed by atoms with Gasteiger partial charge in [0.05, 0.1) is 0 Å². The van der Waals surface area contributed by atoms with E-state index in [0.717, 1.165) is 35.7 Å². The smallest absolute Gasteiger partial charge is 0.323 e. The molecular formula is C30H32N5O4S4+. The van der Waals surface area contributed by atoms with E-state index in [4.69, 9.17) is 12.2 Å². The van der Waals surface area contributed by atoms with E-state index in [-0.39, 0.29) is 11.3 Å². The zero-order valence-corrected chi connectivity index (χ0v) is 26.5. The maximum absolute atomic E-state index is 13.6. The van der Waals surface area contributed by atoms with E-state index in [9.17, 15) is 18.7 Å². The molecular weight excluding hydrogens is 623 g/mol. The van der Waals surface area contributed by atoms with Gasteiger partial charge in [0.25, 0.3) is 0 Å². The minimum absolute atomic E-state index is 0.0915. The molecule has 5 aromatic rings. The molecule has 0 aliphatic rings. The van der Waals surface area contributed by atoms with E-state index < -0.39 is 28.6 Å². The molecule has 13 heteroatoms. The Hall–Kier alpha value is -3.30. The number of nitrogens with one attached hydrogen (secondary N) is 4. The molecule has 0 radical (unpaired) electrons. The van der Waals surface area contributed by atoms with Crippen molar-refractivity contribution in [3.8, 4) is 0 Å². The Balaban J connectivity index is 1.30. The number of anilines is 2. The minimum Gasteiger partial charge on any atom is -0.369 e. The molecule has 3 unspecified atom stereocenters. The van der Waals surface area contributed by atoms with Crippen LogP contribution in [0.15, 0.2) is 83.9 Å². The summed E-state index contributed by atoms with van der Waals surface area (Å²) >= 11 is 5.07. The Labute approximate surface area is 263 Å². The standard InChI is InChI=1S/C30H31N5O4S4/c1-2-3-6-19-9-11-20(12-10-19)27(36)32-22-13-15-23(16-14-22)43(38,39)35-26(28(37)33-29-34-30(40)42-41-29)17-21-18-31-25-8-5-4-7-24(21)25/h4-5,7-16,18,26-27,31,36H,2-3,6,17H2,1H3,(H3-,32,33,34,35,37,38,39,40)/p+1. The largest absolute Gasteiger partial charge is 0.369 e. The molecule has 3 atom stereocenters. The van der Waals surface area contributed by atoms with Crippen molar-refractivity contribution in [3.63, 3.8) is 0 Å². The van der Waals surface area contributed by atoms with E-state index in [1.807, 2.05) is 48.5 Å². The Bertz CT molecular complexity index is 1780. The lowest BCUT2D eigenvalue weighted by molar-refractivity contribution is -0.117. The van der Waals surface area contributed by atoms with Crippen LogP contribution in [0.25, 0.3) is 10.9 Å². The maximum Gasteiger partial charge on any atom is 0.323 e. The number of aliphatic hydroxyl groups excluding tert-OH is 1. The van der Waals surface area contributed by atoms with E-state index in [1.165, 1.54) is 38.4 Å². The molecule has 0 bridgehead atoms. The van der Waals surface area contributed by atoms with Crippen LogP contribution in [-0.4, -0.2) is 31.6 Å². The van der Waals surface area contributed by atoms with Gasteiger partial charge in [-0.05, 0) is 79.3 Å². The third kappa shape index (κ3) is 8.00. The zero-order valence-electron chi connectivity index (χ0n) is 23.3. The fourth-order valence-corrected chi connectivity index (χ4v) is 7.71. The number of carbonyl (C=O) groups is 1. The van der Waals surface area contributed by atoms with E-state index >= 15 is 0 Å². The average Bonchev–Trinajstić information content (AvgIpc) is 3.61. The molecule has 43 heavy (non-hydrogen) atoms. The van der Waals surface area contributed by atoms with Crippen molar-refractivity contribution >= 4 is 70.9 Å². The van der Waals surface area contributed by atoms with Crippen LogP contribution in [0.5, 0.6) is 0 Å². The Morgan fingerprint density at radius 3 is 2.51 bits per heavy atom. The maximum atomic E-state index is 13.6. The molecule has 2 heterocycles. The van der Waals surface area contributed by atoms with Gasteiger partial charge in [-0.25, -0.2) is 0 Å². The number of unbranched alkanes of at least 4 members (excludes halogenated alkanes) is 1. The molecule has 0 aliphatic heterocycles. The van der Waals surface area contributed by atoms with Crippen molar-refractivity contribution in [2.24, 2.45) is 0 Å². The Kier molecular flexibility index (Phi) is 10.1. The van der Waals surface area contributed by atoms with Gasteiger partial charge in [-0.1, -0.05) is 60.5 Å². The fraction of sp³-hybridized carbons (Fsp3) is 0.233. The summed E-state index contributed by atoms with van der Waals surface area (Å²) in [4.78, 5) is 20.8. The number of carbonyl (C=O) groups excluding carboxylic acids is 1. The zero-order chi connectivity index (χ0) is 30.4. The number of amides is 1. The molecule has 0 saturated heterocycles. The van der Waals surface area contributed by atoms with Gasteiger partial charge >= 0.3 is 10.4 Å². The number of para-hydroxylation sites is 1. The molecule has 9 nitrogen and oxygen atoms in total. The van der Waals surface area contributed by atoms with Gasteiger partial charge in [-0.2, -0.15) is 9.54 Å². The minimum atomic E-state index is -3.85. The first-order chi connectivity index (χ1) is 20.7. The van der Waals surface area contributed by atoms with E-state index in [0.29, 0.717) is 20.3 Å². The molecule has 2 aromatic heterocycles. The lowest BCUT2D eigenvalue weighted by atomic mass is 10.1. The van der Waals surface area contributed by atoms with Crippen LogP contribution in [0.3, 0.4) is 0 Å². The number of benzene rings is 3. The number of aryl methyl sites for hydroxylation is 1. The second-order valence-corrected chi connectivity index (χ2v) is 14.5. The quantitative estimate of drug-likeness (QED) is 0.0350.